The van der Waals surface area contributed by atoms with Crippen LogP contribution in [0.25, 0.3) is 0 Å². The smallest absolute Gasteiger partial charge is 0.101 e. The van der Waals surface area contributed by atoms with Crippen LogP contribution in [-0.4, -0.2) is 14.9 Å². The van der Waals surface area contributed by atoms with Gasteiger partial charge >= 0.3 is 0 Å². The predicted molar refractivity (Wildman–Crippen MR) is 71.0 cm³/mol. The van der Waals surface area contributed by atoms with Crippen LogP contribution < -0.4 is 0 Å². The number of aromatic nitrogens is 2. The number of nitrogens with zero attached hydrogens (tertiary/aromatic N) is 2. The summed E-state index contributed by atoms with van der Waals surface area (Å²) < 4.78 is 2.58. The van der Waals surface area contributed by atoms with Crippen LogP contribution in [0.15, 0.2) is 34.9 Å². The molecule has 0 aliphatic carbocycles. The first-order valence-electron chi connectivity index (χ1n) is 5.18. The van der Waals surface area contributed by atoms with Crippen molar-refractivity contribution >= 4 is 27.5 Å². The summed E-state index contributed by atoms with van der Waals surface area (Å²) in [6.45, 7) is 0. The molecule has 0 spiro atoms. The standard InChI is InChI=1S/C12H12BrClN2O/c1-16-12(10(14)7-15-16)11(17)6-8-4-2-3-5-9(8)13/h2-5,7,11,17H,6H2,1H3. The lowest BCUT2D eigenvalue weighted by atomic mass is 10.1. The van der Waals surface area contributed by atoms with E-state index in [1.165, 1.54) is 0 Å². The fraction of sp³-hybridized carbons (Fsp3) is 0.250. The van der Waals surface area contributed by atoms with E-state index in [-0.39, 0.29) is 0 Å². The van der Waals surface area contributed by atoms with Crippen molar-refractivity contribution < 1.29 is 5.11 Å². The molecule has 1 aromatic heterocycles. The van der Waals surface area contributed by atoms with Gasteiger partial charge in [-0.3, -0.25) is 4.68 Å². The van der Waals surface area contributed by atoms with Crippen LogP contribution in [0.2, 0.25) is 5.02 Å². The first kappa shape index (κ1) is 12.6. The largest absolute Gasteiger partial charge is 0.386 e. The topological polar surface area (TPSA) is 38.0 Å². The number of aliphatic hydroxyl groups excluding tert-OH is 1. The van der Waals surface area contributed by atoms with Gasteiger partial charge in [-0.25, -0.2) is 0 Å². The Bertz CT molecular complexity index is 507. The molecular formula is C12H12BrClN2O. The minimum absolute atomic E-state index is 0.493. The van der Waals surface area contributed by atoms with Crippen molar-refractivity contribution in [2.45, 2.75) is 12.5 Å². The number of aliphatic hydroxyl groups is 1. The van der Waals surface area contributed by atoms with Gasteiger partial charge in [0.05, 0.1) is 16.9 Å². The number of benzene rings is 1. The van der Waals surface area contributed by atoms with Crippen LogP contribution in [-0.2, 0) is 13.5 Å². The maximum absolute atomic E-state index is 10.2. The van der Waals surface area contributed by atoms with E-state index in [0.29, 0.717) is 17.1 Å². The van der Waals surface area contributed by atoms with E-state index in [0.717, 1.165) is 10.0 Å². The summed E-state index contributed by atoms with van der Waals surface area (Å²) in [5, 5.41) is 14.7. The number of hydrogen-bond acceptors (Lipinski definition) is 2. The molecule has 0 saturated carbocycles. The Morgan fingerprint density at radius 1 is 1.47 bits per heavy atom. The molecule has 90 valence electrons. The van der Waals surface area contributed by atoms with Gasteiger partial charge in [0.2, 0.25) is 0 Å². The van der Waals surface area contributed by atoms with Crippen molar-refractivity contribution in [3.05, 3.63) is 51.2 Å². The second-order valence-corrected chi connectivity index (χ2v) is 5.07. The van der Waals surface area contributed by atoms with Gasteiger partial charge in [-0.1, -0.05) is 45.7 Å². The van der Waals surface area contributed by atoms with Gasteiger partial charge in [-0.15, -0.1) is 0 Å². The molecular weight excluding hydrogens is 304 g/mol. The Balaban J connectivity index is 2.23. The predicted octanol–water partition coefficient (Wildman–Crippen LogP) is 3.11. The Morgan fingerprint density at radius 3 is 2.76 bits per heavy atom. The minimum Gasteiger partial charge on any atom is -0.386 e. The molecule has 17 heavy (non-hydrogen) atoms. The van der Waals surface area contributed by atoms with Gasteiger partial charge in [-0.05, 0) is 11.6 Å². The van der Waals surface area contributed by atoms with Gasteiger partial charge in [-0.2, -0.15) is 5.10 Å². The SMILES string of the molecule is Cn1ncc(Cl)c1C(O)Cc1ccccc1Br. The Kier molecular flexibility index (Phi) is 3.86. The average Bonchev–Trinajstić information content (AvgIpc) is 2.62. The van der Waals surface area contributed by atoms with Gasteiger partial charge < -0.3 is 5.11 Å². The normalized spacial score (nSPS) is 12.7. The lowest BCUT2D eigenvalue weighted by Gasteiger charge is -2.12. The fourth-order valence-corrected chi connectivity index (χ4v) is 2.50. The van der Waals surface area contributed by atoms with E-state index in [4.69, 9.17) is 11.6 Å². The first-order valence-corrected chi connectivity index (χ1v) is 6.35. The molecule has 1 heterocycles. The van der Waals surface area contributed by atoms with Crippen LogP contribution in [0, 0.1) is 0 Å². The van der Waals surface area contributed by atoms with E-state index < -0.39 is 6.10 Å². The molecule has 1 aromatic carbocycles. The molecule has 0 aliphatic rings. The summed E-state index contributed by atoms with van der Waals surface area (Å²) in [7, 11) is 1.77. The highest BCUT2D eigenvalue weighted by Crippen LogP contribution is 2.27. The van der Waals surface area contributed by atoms with E-state index >= 15 is 0 Å². The Hall–Kier alpha value is -0.840. The highest BCUT2D eigenvalue weighted by molar-refractivity contribution is 9.10. The maximum atomic E-state index is 10.2. The molecule has 2 rings (SSSR count). The fourth-order valence-electron chi connectivity index (χ4n) is 1.76. The molecule has 0 bridgehead atoms. The van der Waals surface area contributed by atoms with Crippen LogP contribution in [0.3, 0.4) is 0 Å². The van der Waals surface area contributed by atoms with E-state index in [2.05, 4.69) is 21.0 Å². The Morgan fingerprint density at radius 2 is 2.18 bits per heavy atom. The number of rotatable bonds is 3. The zero-order valence-corrected chi connectivity index (χ0v) is 11.6. The molecule has 0 aliphatic heterocycles. The third-order valence-corrected chi connectivity index (χ3v) is 3.69. The molecule has 2 aromatic rings. The summed E-state index contributed by atoms with van der Waals surface area (Å²) in [5.41, 5.74) is 1.68. The molecule has 0 amide bonds. The number of halogens is 2. The summed E-state index contributed by atoms with van der Waals surface area (Å²) in [6.07, 6.45) is 1.38. The van der Waals surface area contributed by atoms with Gasteiger partial charge in [0.1, 0.15) is 6.10 Å². The number of aryl methyl sites for hydroxylation is 1. The average molecular weight is 316 g/mol. The van der Waals surface area contributed by atoms with E-state index in [1.807, 2.05) is 24.3 Å². The third-order valence-electron chi connectivity index (χ3n) is 2.62. The van der Waals surface area contributed by atoms with Crippen LogP contribution in [0.1, 0.15) is 17.4 Å². The second-order valence-electron chi connectivity index (χ2n) is 3.81. The van der Waals surface area contributed by atoms with Crippen molar-refractivity contribution in [1.82, 2.24) is 9.78 Å². The van der Waals surface area contributed by atoms with Crippen LogP contribution in [0.5, 0.6) is 0 Å². The third kappa shape index (κ3) is 2.70. The van der Waals surface area contributed by atoms with Crippen LogP contribution in [0.4, 0.5) is 0 Å². The quantitative estimate of drug-likeness (QED) is 0.945. The molecule has 0 fully saturated rings. The van der Waals surface area contributed by atoms with Crippen molar-refractivity contribution in [2.75, 3.05) is 0 Å². The zero-order valence-electron chi connectivity index (χ0n) is 9.27. The van der Waals surface area contributed by atoms with Gasteiger partial charge in [0.15, 0.2) is 0 Å². The van der Waals surface area contributed by atoms with Crippen molar-refractivity contribution in [3.8, 4) is 0 Å². The molecule has 0 radical (unpaired) electrons. The Labute approximate surface area is 113 Å². The summed E-state index contributed by atoms with van der Waals surface area (Å²) in [4.78, 5) is 0. The van der Waals surface area contributed by atoms with Gasteiger partial charge in [0.25, 0.3) is 0 Å². The molecule has 0 saturated heterocycles. The number of hydrogen-bond donors (Lipinski definition) is 1. The van der Waals surface area contributed by atoms with E-state index in [9.17, 15) is 5.11 Å². The minimum atomic E-state index is -0.659. The first-order chi connectivity index (χ1) is 8.09. The zero-order chi connectivity index (χ0) is 12.4. The van der Waals surface area contributed by atoms with E-state index in [1.54, 1.807) is 17.9 Å². The molecule has 3 nitrogen and oxygen atoms in total. The highest BCUT2D eigenvalue weighted by atomic mass is 79.9. The van der Waals surface area contributed by atoms with Crippen molar-refractivity contribution in [1.29, 1.82) is 0 Å². The van der Waals surface area contributed by atoms with Crippen molar-refractivity contribution in [3.63, 3.8) is 0 Å². The molecule has 5 heteroatoms. The molecule has 1 unspecified atom stereocenters. The highest BCUT2D eigenvalue weighted by Gasteiger charge is 2.17. The summed E-state index contributed by atoms with van der Waals surface area (Å²) in [5.74, 6) is 0. The van der Waals surface area contributed by atoms with Crippen LogP contribution >= 0.6 is 27.5 Å². The lowest BCUT2D eigenvalue weighted by molar-refractivity contribution is 0.168. The molecule has 1 atom stereocenters. The van der Waals surface area contributed by atoms with Crippen molar-refractivity contribution in [2.24, 2.45) is 7.05 Å². The maximum Gasteiger partial charge on any atom is 0.101 e. The van der Waals surface area contributed by atoms with Gasteiger partial charge in [0, 0.05) is 17.9 Å². The monoisotopic (exact) mass is 314 g/mol. The summed E-state index contributed by atoms with van der Waals surface area (Å²) in [6, 6.07) is 7.80. The summed E-state index contributed by atoms with van der Waals surface area (Å²) >= 11 is 9.45. The second kappa shape index (κ2) is 5.21. The lowest BCUT2D eigenvalue weighted by Crippen LogP contribution is -2.08. The molecule has 1 N–H and O–H groups in total.